The molecule has 1 saturated heterocycles. The zero-order chi connectivity index (χ0) is 17.8. The maximum Gasteiger partial charge on any atom is 0.287 e. The SMILES string of the molecule is COc1ccc(CCC(=O)N2CCC3=NC(=O)C(C#N)=CC3C2)cc1. The van der Waals surface area contributed by atoms with Crippen molar-refractivity contribution in [1.29, 1.82) is 5.26 Å². The topological polar surface area (TPSA) is 82.8 Å². The second-order valence-electron chi connectivity index (χ2n) is 6.14. The molecule has 1 aromatic rings. The van der Waals surface area contributed by atoms with Crippen LogP contribution in [0, 0.1) is 17.2 Å². The van der Waals surface area contributed by atoms with E-state index in [2.05, 4.69) is 4.99 Å². The molecule has 1 unspecified atom stereocenters. The highest BCUT2D eigenvalue weighted by atomic mass is 16.5. The maximum atomic E-state index is 12.5. The lowest BCUT2D eigenvalue weighted by Crippen LogP contribution is -2.45. The summed E-state index contributed by atoms with van der Waals surface area (Å²) in [6.45, 7) is 1.05. The third-order valence-electron chi connectivity index (χ3n) is 4.59. The van der Waals surface area contributed by atoms with Gasteiger partial charge in [-0.2, -0.15) is 5.26 Å². The van der Waals surface area contributed by atoms with Gasteiger partial charge in [-0.1, -0.05) is 18.2 Å². The molecule has 0 saturated carbocycles. The number of amides is 2. The first kappa shape index (κ1) is 16.9. The van der Waals surface area contributed by atoms with Crippen molar-refractivity contribution in [3.8, 4) is 11.8 Å². The van der Waals surface area contributed by atoms with Crippen molar-refractivity contribution in [3.05, 3.63) is 41.5 Å². The molecule has 1 aromatic carbocycles. The third kappa shape index (κ3) is 3.77. The van der Waals surface area contributed by atoms with E-state index in [0.717, 1.165) is 17.0 Å². The van der Waals surface area contributed by atoms with Crippen LogP contribution in [-0.4, -0.2) is 42.6 Å². The number of hydrogen-bond acceptors (Lipinski definition) is 4. The number of carbonyl (C=O) groups is 2. The van der Waals surface area contributed by atoms with E-state index >= 15 is 0 Å². The molecule has 25 heavy (non-hydrogen) atoms. The van der Waals surface area contributed by atoms with Gasteiger partial charge in [-0.05, 0) is 24.1 Å². The molecule has 0 radical (unpaired) electrons. The summed E-state index contributed by atoms with van der Waals surface area (Å²) in [6, 6.07) is 9.57. The Morgan fingerprint density at radius 2 is 2.16 bits per heavy atom. The zero-order valence-electron chi connectivity index (χ0n) is 14.1. The molecular weight excluding hydrogens is 318 g/mol. The molecule has 1 atom stereocenters. The maximum absolute atomic E-state index is 12.5. The van der Waals surface area contributed by atoms with Crippen LogP contribution in [0.2, 0.25) is 0 Å². The standard InChI is InChI=1S/C19H19N3O3/c1-25-16-5-2-13(3-6-16)4-7-18(23)22-9-8-17-15(12-22)10-14(11-20)19(24)21-17/h2-3,5-6,10,15H,4,7-9,12H2,1H3. The molecule has 0 bridgehead atoms. The summed E-state index contributed by atoms with van der Waals surface area (Å²) in [5.41, 5.74) is 1.94. The van der Waals surface area contributed by atoms with Crippen molar-refractivity contribution in [1.82, 2.24) is 4.90 Å². The highest BCUT2D eigenvalue weighted by Crippen LogP contribution is 2.23. The van der Waals surface area contributed by atoms with Gasteiger partial charge < -0.3 is 9.64 Å². The summed E-state index contributed by atoms with van der Waals surface area (Å²) in [5.74, 6) is 0.294. The predicted octanol–water partition coefficient (Wildman–Crippen LogP) is 1.91. The number of methoxy groups -OCH3 is 1. The first-order valence-electron chi connectivity index (χ1n) is 8.25. The number of fused-ring (bicyclic) bond motifs is 1. The van der Waals surface area contributed by atoms with Crippen LogP contribution >= 0.6 is 0 Å². The number of dihydropyridines is 1. The Balaban J connectivity index is 1.58. The Hall–Kier alpha value is -2.94. The Kier molecular flexibility index (Phi) is 4.94. The summed E-state index contributed by atoms with van der Waals surface area (Å²) in [5, 5.41) is 8.98. The van der Waals surface area contributed by atoms with Gasteiger partial charge in [0.1, 0.15) is 17.4 Å². The minimum absolute atomic E-state index is 0.0706. The lowest BCUT2D eigenvalue weighted by molar-refractivity contribution is -0.131. The molecule has 2 aliphatic rings. The second-order valence-corrected chi connectivity index (χ2v) is 6.14. The van der Waals surface area contributed by atoms with E-state index in [-0.39, 0.29) is 17.4 Å². The minimum Gasteiger partial charge on any atom is -0.497 e. The predicted molar refractivity (Wildman–Crippen MR) is 92.1 cm³/mol. The lowest BCUT2D eigenvalue weighted by Gasteiger charge is -2.33. The van der Waals surface area contributed by atoms with Gasteiger partial charge in [0.25, 0.3) is 5.91 Å². The highest BCUT2D eigenvalue weighted by Gasteiger charge is 2.31. The number of nitriles is 1. The fourth-order valence-corrected chi connectivity index (χ4v) is 3.13. The van der Waals surface area contributed by atoms with Crippen molar-refractivity contribution in [2.45, 2.75) is 19.3 Å². The normalized spacial score (nSPS) is 19.4. The molecule has 1 fully saturated rings. The molecule has 3 rings (SSSR count). The van der Waals surface area contributed by atoms with Gasteiger partial charge in [0.05, 0.1) is 7.11 Å². The van der Waals surface area contributed by atoms with Crippen molar-refractivity contribution in [2.75, 3.05) is 20.2 Å². The molecule has 6 heteroatoms. The monoisotopic (exact) mass is 337 g/mol. The zero-order valence-corrected chi connectivity index (χ0v) is 14.1. The van der Waals surface area contributed by atoms with Crippen LogP contribution in [0.15, 0.2) is 40.9 Å². The Morgan fingerprint density at radius 3 is 2.84 bits per heavy atom. The third-order valence-corrected chi connectivity index (χ3v) is 4.59. The van der Waals surface area contributed by atoms with Crippen molar-refractivity contribution in [2.24, 2.45) is 10.9 Å². The van der Waals surface area contributed by atoms with Gasteiger partial charge >= 0.3 is 0 Å². The average molecular weight is 337 g/mol. The van der Waals surface area contributed by atoms with Crippen LogP contribution < -0.4 is 4.74 Å². The van der Waals surface area contributed by atoms with Crippen LogP contribution in [0.5, 0.6) is 5.75 Å². The molecular formula is C19H19N3O3. The van der Waals surface area contributed by atoms with E-state index in [1.807, 2.05) is 30.3 Å². The van der Waals surface area contributed by atoms with Crippen molar-refractivity contribution in [3.63, 3.8) is 0 Å². The van der Waals surface area contributed by atoms with Crippen LogP contribution in [-0.2, 0) is 16.0 Å². The first-order valence-corrected chi connectivity index (χ1v) is 8.25. The number of hydrogen-bond donors (Lipinski definition) is 0. The van der Waals surface area contributed by atoms with Gasteiger partial charge in [0.15, 0.2) is 0 Å². The minimum atomic E-state index is -0.465. The largest absolute Gasteiger partial charge is 0.497 e. The average Bonchev–Trinajstić information content (AvgIpc) is 2.65. The van der Waals surface area contributed by atoms with Gasteiger partial charge in [-0.3, -0.25) is 9.59 Å². The van der Waals surface area contributed by atoms with E-state index in [4.69, 9.17) is 10.00 Å². The number of carbonyl (C=O) groups excluding carboxylic acids is 2. The summed E-state index contributed by atoms with van der Waals surface area (Å²) in [7, 11) is 1.62. The van der Waals surface area contributed by atoms with E-state index in [0.29, 0.717) is 32.4 Å². The second kappa shape index (κ2) is 7.31. The van der Waals surface area contributed by atoms with Crippen LogP contribution in [0.3, 0.4) is 0 Å². The summed E-state index contributed by atoms with van der Waals surface area (Å²) < 4.78 is 5.13. The van der Waals surface area contributed by atoms with E-state index in [9.17, 15) is 9.59 Å². The molecule has 6 nitrogen and oxygen atoms in total. The summed E-state index contributed by atoms with van der Waals surface area (Å²) in [6.07, 6.45) is 3.33. The van der Waals surface area contributed by atoms with Crippen LogP contribution in [0.25, 0.3) is 0 Å². The lowest BCUT2D eigenvalue weighted by atomic mass is 9.90. The molecule has 2 amide bonds. The number of nitrogens with zero attached hydrogens (tertiary/aromatic N) is 3. The Bertz CT molecular complexity index is 787. The van der Waals surface area contributed by atoms with Gasteiger partial charge in [-0.25, -0.2) is 4.99 Å². The fraction of sp³-hybridized carbons (Fsp3) is 0.368. The molecule has 0 aliphatic carbocycles. The number of aliphatic imine (C=N–C) groups is 1. The van der Waals surface area contributed by atoms with Gasteiger partial charge in [0, 0.05) is 37.6 Å². The molecule has 2 heterocycles. The van der Waals surface area contributed by atoms with Gasteiger partial charge in [0.2, 0.25) is 5.91 Å². The molecule has 0 aromatic heterocycles. The van der Waals surface area contributed by atoms with Crippen LogP contribution in [0.1, 0.15) is 18.4 Å². The molecule has 128 valence electrons. The Morgan fingerprint density at radius 1 is 1.40 bits per heavy atom. The number of likely N-dealkylation sites (tertiary alicyclic amines) is 1. The molecule has 0 spiro atoms. The quantitative estimate of drug-likeness (QED) is 0.840. The summed E-state index contributed by atoms with van der Waals surface area (Å²) in [4.78, 5) is 29.9. The number of ether oxygens (including phenoxy) is 1. The van der Waals surface area contributed by atoms with E-state index < -0.39 is 5.91 Å². The first-order chi connectivity index (χ1) is 12.1. The number of rotatable bonds is 4. The van der Waals surface area contributed by atoms with Crippen molar-refractivity contribution >= 4 is 17.5 Å². The van der Waals surface area contributed by atoms with Crippen LogP contribution in [0.4, 0.5) is 0 Å². The number of piperidine rings is 1. The fourth-order valence-electron chi connectivity index (χ4n) is 3.13. The molecule has 2 aliphatic heterocycles. The van der Waals surface area contributed by atoms with Gasteiger partial charge in [-0.15, -0.1) is 0 Å². The smallest absolute Gasteiger partial charge is 0.287 e. The van der Waals surface area contributed by atoms with E-state index in [1.54, 1.807) is 18.1 Å². The number of benzene rings is 1. The number of aryl methyl sites for hydroxylation is 1. The summed E-state index contributed by atoms with van der Waals surface area (Å²) >= 11 is 0. The van der Waals surface area contributed by atoms with Crippen molar-refractivity contribution < 1.29 is 14.3 Å². The Labute approximate surface area is 146 Å². The highest BCUT2D eigenvalue weighted by molar-refractivity contribution is 6.10. The molecule has 0 N–H and O–H groups in total. The van der Waals surface area contributed by atoms with E-state index in [1.165, 1.54) is 0 Å².